The number of carbonyl (C=O) groups is 1. The van der Waals surface area contributed by atoms with Gasteiger partial charge in [-0.3, -0.25) is 9.78 Å². The van der Waals surface area contributed by atoms with Crippen molar-refractivity contribution < 1.29 is 22.0 Å². The molecule has 1 saturated carbocycles. The predicted molar refractivity (Wildman–Crippen MR) is 144 cm³/mol. The third kappa shape index (κ3) is 4.23. The van der Waals surface area contributed by atoms with Gasteiger partial charge in [-0.15, -0.1) is 0 Å². The number of allylic oxidation sites excluding steroid dienone is 1. The molecule has 2 aromatic heterocycles. The number of benzene rings is 2. The lowest BCUT2D eigenvalue weighted by atomic mass is 9.61. The molecule has 8 heteroatoms. The van der Waals surface area contributed by atoms with Gasteiger partial charge in [0.1, 0.15) is 17.3 Å². The molecule has 1 fully saturated rings. The Morgan fingerprint density at radius 1 is 1.05 bits per heavy atom. The fourth-order valence-electron chi connectivity index (χ4n) is 5.96. The molecule has 2 heterocycles. The number of pyridine rings is 1. The Bertz CT molecular complexity index is 1730. The van der Waals surface area contributed by atoms with Crippen molar-refractivity contribution in [3.8, 4) is 5.69 Å². The van der Waals surface area contributed by atoms with Crippen molar-refractivity contribution >= 4 is 21.7 Å². The SMILES string of the molecule is Cc1ccc(S(=O)(=O)[C@H]2CCC3=Cc4c(ccn4-c4ccc(F)cc4)C[C@]3(C(=O)c3ccccn3)C2)cc1F. The summed E-state index contributed by atoms with van der Waals surface area (Å²) in [5, 5.41) is -0.856. The zero-order chi connectivity index (χ0) is 27.4. The minimum atomic E-state index is -3.91. The summed E-state index contributed by atoms with van der Waals surface area (Å²) in [5.74, 6) is -1.12. The van der Waals surface area contributed by atoms with Gasteiger partial charge >= 0.3 is 0 Å². The Morgan fingerprint density at radius 3 is 2.56 bits per heavy atom. The maximum absolute atomic E-state index is 14.3. The van der Waals surface area contributed by atoms with E-state index < -0.39 is 26.3 Å². The number of ketones is 1. The van der Waals surface area contributed by atoms with Gasteiger partial charge in [-0.05, 0) is 104 Å². The van der Waals surface area contributed by atoms with Gasteiger partial charge in [0.05, 0.1) is 15.6 Å². The summed E-state index contributed by atoms with van der Waals surface area (Å²) in [6, 6.07) is 17.2. The summed E-state index contributed by atoms with van der Waals surface area (Å²) in [5.41, 5.74) is 2.98. The van der Waals surface area contributed by atoms with Crippen molar-refractivity contribution in [2.45, 2.75) is 42.8 Å². The largest absolute Gasteiger partial charge is 0.317 e. The molecule has 4 aromatic rings. The average Bonchev–Trinajstić information content (AvgIpc) is 3.35. The fourth-order valence-corrected chi connectivity index (χ4v) is 7.80. The quantitative estimate of drug-likeness (QED) is 0.277. The van der Waals surface area contributed by atoms with Crippen LogP contribution in [0.3, 0.4) is 0 Å². The Kier molecular flexibility index (Phi) is 6.10. The van der Waals surface area contributed by atoms with Crippen LogP contribution < -0.4 is 0 Å². The summed E-state index contributed by atoms with van der Waals surface area (Å²) < 4.78 is 57.3. The topological polar surface area (TPSA) is 69.0 Å². The molecular weight excluding hydrogens is 518 g/mol. The first-order valence-corrected chi connectivity index (χ1v) is 14.4. The molecule has 0 unspecified atom stereocenters. The Hall–Kier alpha value is -3.91. The lowest BCUT2D eigenvalue weighted by Crippen LogP contribution is -2.45. The monoisotopic (exact) mass is 544 g/mol. The van der Waals surface area contributed by atoms with Gasteiger partial charge in [-0.25, -0.2) is 17.2 Å². The predicted octanol–water partition coefficient (Wildman–Crippen LogP) is 6.29. The number of nitrogens with zero attached hydrogens (tertiary/aromatic N) is 2. The minimum absolute atomic E-state index is 0.0672. The molecule has 0 spiro atoms. The normalized spacial score (nSPS) is 20.6. The molecule has 2 aliphatic carbocycles. The molecule has 2 atom stereocenters. The smallest absolute Gasteiger partial charge is 0.191 e. The highest BCUT2D eigenvalue weighted by Crippen LogP contribution is 2.52. The number of carbonyl (C=O) groups excluding carboxylic acids is 1. The first kappa shape index (κ1) is 25.4. The molecule has 0 radical (unpaired) electrons. The Balaban J connectivity index is 1.45. The van der Waals surface area contributed by atoms with E-state index in [4.69, 9.17) is 0 Å². The van der Waals surface area contributed by atoms with Crippen LogP contribution in [0.4, 0.5) is 8.78 Å². The van der Waals surface area contributed by atoms with E-state index in [1.807, 2.05) is 22.9 Å². The lowest BCUT2D eigenvalue weighted by Gasteiger charge is -2.43. The first-order chi connectivity index (χ1) is 18.7. The van der Waals surface area contributed by atoms with Crippen molar-refractivity contribution in [3.05, 3.63) is 119 Å². The number of sulfone groups is 1. The highest BCUT2D eigenvalue weighted by molar-refractivity contribution is 7.92. The summed E-state index contributed by atoms with van der Waals surface area (Å²) in [4.78, 5) is 18.4. The second kappa shape index (κ2) is 9.38. The molecule has 39 heavy (non-hydrogen) atoms. The van der Waals surface area contributed by atoms with Crippen LogP contribution in [0.5, 0.6) is 0 Å². The Labute approximate surface area is 225 Å². The fraction of sp³-hybridized carbons (Fsp3) is 0.226. The molecule has 6 rings (SSSR count). The number of aryl methyl sites for hydroxylation is 1. The number of Topliss-reactive ketones (excluding diaryl/α,β-unsaturated/α-hetero) is 1. The second-order valence-electron chi connectivity index (χ2n) is 10.4. The van der Waals surface area contributed by atoms with E-state index in [1.165, 1.54) is 24.3 Å². The summed E-state index contributed by atoms with van der Waals surface area (Å²) in [6.45, 7) is 1.58. The number of fused-ring (bicyclic) bond motifs is 2. The standard InChI is InChI=1S/C31H26F2N2O3S/c1-20-5-11-25(17-27(20)33)39(37,38)26-12-6-22-16-29-21(13-15-35(29)24-9-7-23(32)8-10-24)18-31(22,19-26)30(36)28-4-2-3-14-34-28/h2-5,7-11,13-17,26H,6,12,18-19H2,1H3/t26-,31-/m0/s1. The van der Waals surface area contributed by atoms with Gasteiger partial charge in [-0.2, -0.15) is 0 Å². The van der Waals surface area contributed by atoms with E-state index in [0.717, 1.165) is 28.6 Å². The van der Waals surface area contributed by atoms with Gasteiger partial charge in [0.2, 0.25) is 0 Å². The van der Waals surface area contributed by atoms with E-state index in [0.29, 0.717) is 24.8 Å². The van der Waals surface area contributed by atoms with Gasteiger partial charge in [0, 0.05) is 23.8 Å². The number of aromatic nitrogens is 2. The number of halogens is 2. The highest BCUT2D eigenvalue weighted by atomic mass is 32.2. The van der Waals surface area contributed by atoms with Crippen molar-refractivity contribution in [2.75, 3.05) is 0 Å². The van der Waals surface area contributed by atoms with E-state index in [2.05, 4.69) is 4.98 Å². The van der Waals surface area contributed by atoms with Gasteiger partial charge < -0.3 is 4.57 Å². The molecule has 0 aliphatic heterocycles. The van der Waals surface area contributed by atoms with Crippen LogP contribution >= 0.6 is 0 Å². The van der Waals surface area contributed by atoms with Crippen LogP contribution in [-0.2, 0) is 16.3 Å². The highest BCUT2D eigenvalue weighted by Gasteiger charge is 2.51. The van der Waals surface area contributed by atoms with Crippen LogP contribution in [-0.4, -0.2) is 29.0 Å². The van der Waals surface area contributed by atoms with Crippen LogP contribution in [0, 0.1) is 24.0 Å². The molecule has 0 N–H and O–H groups in total. The molecule has 0 amide bonds. The van der Waals surface area contributed by atoms with E-state index in [9.17, 15) is 22.0 Å². The minimum Gasteiger partial charge on any atom is -0.317 e. The third-order valence-electron chi connectivity index (χ3n) is 8.09. The zero-order valence-corrected chi connectivity index (χ0v) is 22.1. The van der Waals surface area contributed by atoms with Crippen LogP contribution in [0.15, 0.2) is 89.6 Å². The average molecular weight is 545 g/mol. The lowest BCUT2D eigenvalue weighted by molar-refractivity contribution is 0.0796. The zero-order valence-electron chi connectivity index (χ0n) is 21.3. The van der Waals surface area contributed by atoms with Crippen molar-refractivity contribution in [3.63, 3.8) is 0 Å². The van der Waals surface area contributed by atoms with E-state index in [1.54, 1.807) is 43.5 Å². The van der Waals surface area contributed by atoms with Crippen molar-refractivity contribution in [1.82, 2.24) is 9.55 Å². The molecule has 0 saturated heterocycles. The van der Waals surface area contributed by atoms with Crippen LogP contribution in [0.25, 0.3) is 11.8 Å². The molecule has 0 bridgehead atoms. The Morgan fingerprint density at radius 2 is 1.85 bits per heavy atom. The molecule has 2 aromatic carbocycles. The second-order valence-corrected chi connectivity index (χ2v) is 12.6. The van der Waals surface area contributed by atoms with Gasteiger partial charge in [-0.1, -0.05) is 17.7 Å². The van der Waals surface area contributed by atoms with Crippen LogP contribution in [0.1, 0.15) is 46.6 Å². The summed E-state index contributed by atoms with van der Waals surface area (Å²) >= 11 is 0. The van der Waals surface area contributed by atoms with Crippen molar-refractivity contribution in [2.24, 2.45) is 5.41 Å². The van der Waals surface area contributed by atoms with E-state index in [-0.39, 0.29) is 28.6 Å². The number of hydrogen-bond acceptors (Lipinski definition) is 4. The number of hydrogen-bond donors (Lipinski definition) is 0. The molecule has 2 aliphatic rings. The van der Waals surface area contributed by atoms with Gasteiger partial charge in [0.15, 0.2) is 15.6 Å². The maximum atomic E-state index is 14.3. The van der Waals surface area contributed by atoms with Crippen molar-refractivity contribution in [1.29, 1.82) is 0 Å². The third-order valence-corrected chi connectivity index (χ3v) is 10.3. The number of rotatable bonds is 5. The summed E-state index contributed by atoms with van der Waals surface area (Å²) in [6.07, 6.45) is 6.52. The molecular formula is C31H26F2N2O3S. The first-order valence-electron chi connectivity index (χ1n) is 12.8. The molecule has 5 nitrogen and oxygen atoms in total. The van der Waals surface area contributed by atoms with Gasteiger partial charge in [0.25, 0.3) is 0 Å². The maximum Gasteiger partial charge on any atom is 0.191 e. The van der Waals surface area contributed by atoms with E-state index >= 15 is 0 Å². The van der Waals surface area contributed by atoms with Crippen LogP contribution in [0.2, 0.25) is 0 Å². The summed E-state index contributed by atoms with van der Waals surface area (Å²) in [7, 11) is -3.91. The molecule has 198 valence electrons.